The van der Waals surface area contributed by atoms with Gasteiger partial charge in [0.05, 0.1) is 6.61 Å². The first-order valence-corrected chi connectivity index (χ1v) is 3.46. The summed E-state index contributed by atoms with van der Waals surface area (Å²) in [5, 5.41) is 8.84. The maximum atomic E-state index is 10.4. The Labute approximate surface area is 69.6 Å². The van der Waals surface area contributed by atoms with Gasteiger partial charge in [-0.2, -0.15) is 0 Å². The molecule has 1 aromatic rings. The molecule has 0 saturated carbocycles. The van der Waals surface area contributed by atoms with E-state index in [-0.39, 0.29) is 6.61 Å². The Hall–Kier alpha value is -1.48. The highest BCUT2D eigenvalue weighted by Gasteiger charge is 2.04. The van der Waals surface area contributed by atoms with Crippen LogP contribution in [0, 0.1) is 0 Å². The fraction of sp³-hybridized carbons (Fsp3) is 0.111. The van der Waals surface area contributed by atoms with Gasteiger partial charge in [0.1, 0.15) is 12.6 Å². The van der Waals surface area contributed by atoms with Crippen LogP contribution in [0.15, 0.2) is 18.2 Å². The third-order valence-electron chi connectivity index (χ3n) is 1.66. The lowest BCUT2D eigenvalue weighted by molar-refractivity contribution is 0.111. The van der Waals surface area contributed by atoms with Crippen LogP contribution in [0.2, 0.25) is 0 Å². The van der Waals surface area contributed by atoms with Crippen molar-refractivity contribution in [1.29, 1.82) is 0 Å². The summed E-state index contributed by atoms with van der Waals surface area (Å²) in [6, 6.07) is 4.73. The summed E-state index contributed by atoms with van der Waals surface area (Å²) in [4.78, 5) is 20.9. The third-order valence-corrected chi connectivity index (χ3v) is 1.66. The van der Waals surface area contributed by atoms with E-state index in [0.29, 0.717) is 29.3 Å². The topological polar surface area (TPSA) is 54.4 Å². The molecule has 12 heavy (non-hydrogen) atoms. The number of aldehydes is 2. The highest BCUT2D eigenvalue weighted by atomic mass is 16.3. The molecule has 0 aliphatic rings. The van der Waals surface area contributed by atoms with Crippen molar-refractivity contribution >= 4 is 12.6 Å². The predicted octanol–water partition coefficient (Wildman–Crippen LogP) is 0.804. The predicted molar refractivity (Wildman–Crippen MR) is 43.1 cm³/mol. The summed E-state index contributed by atoms with van der Waals surface area (Å²) in [7, 11) is 0. The highest BCUT2D eigenvalue weighted by molar-refractivity contribution is 5.85. The van der Waals surface area contributed by atoms with Gasteiger partial charge in [-0.3, -0.25) is 9.59 Å². The molecule has 0 amide bonds. The Morgan fingerprint density at radius 2 is 1.67 bits per heavy atom. The van der Waals surface area contributed by atoms with Gasteiger partial charge in [0.15, 0.2) is 0 Å². The molecule has 0 aromatic heterocycles. The molecule has 0 fully saturated rings. The fourth-order valence-corrected chi connectivity index (χ4v) is 1.03. The summed E-state index contributed by atoms with van der Waals surface area (Å²) in [6.45, 7) is -0.289. The Kier molecular flexibility index (Phi) is 2.71. The largest absolute Gasteiger partial charge is 0.392 e. The number of hydrogen-bond acceptors (Lipinski definition) is 3. The van der Waals surface area contributed by atoms with E-state index >= 15 is 0 Å². The van der Waals surface area contributed by atoms with E-state index in [1.54, 1.807) is 18.2 Å². The third kappa shape index (κ3) is 1.40. The second-order valence-corrected chi connectivity index (χ2v) is 2.31. The van der Waals surface area contributed by atoms with E-state index in [0.717, 1.165) is 0 Å². The molecule has 1 aromatic carbocycles. The van der Waals surface area contributed by atoms with Gasteiger partial charge < -0.3 is 5.11 Å². The highest BCUT2D eigenvalue weighted by Crippen LogP contribution is 2.11. The first-order valence-electron chi connectivity index (χ1n) is 3.46. The average Bonchev–Trinajstić information content (AvgIpc) is 2.16. The number of hydrogen-bond donors (Lipinski definition) is 1. The fourth-order valence-electron chi connectivity index (χ4n) is 1.03. The Bertz CT molecular complexity index is 278. The molecule has 3 nitrogen and oxygen atoms in total. The van der Waals surface area contributed by atoms with Crippen molar-refractivity contribution in [2.45, 2.75) is 6.61 Å². The maximum absolute atomic E-state index is 10.4. The maximum Gasteiger partial charge on any atom is 0.150 e. The molecule has 0 aliphatic carbocycles. The molecule has 0 atom stereocenters. The van der Waals surface area contributed by atoms with Crippen LogP contribution in [-0.2, 0) is 6.61 Å². The van der Waals surface area contributed by atoms with Crippen molar-refractivity contribution in [1.82, 2.24) is 0 Å². The molecule has 62 valence electrons. The van der Waals surface area contributed by atoms with Crippen LogP contribution in [0.1, 0.15) is 26.3 Å². The molecule has 0 heterocycles. The van der Waals surface area contributed by atoms with Gasteiger partial charge >= 0.3 is 0 Å². The second-order valence-electron chi connectivity index (χ2n) is 2.31. The lowest BCUT2D eigenvalue weighted by atomic mass is 10.0. The summed E-state index contributed by atoms with van der Waals surface area (Å²) in [6.07, 6.45) is 1.25. The van der Waals surface area contributed by atoms with Crippen molar-refractivity contribution in [2.75, 3.05) is 0 Å². The SMILES string of the molecule is O=Cc1cccc(C=O)c1CO. The van der Waals surface area contributed by atoms with E-state index < -0.39 is 0 Å². The zero-order chi connectivity index (χ0) is 8.97. The van der Waals surface area contributed by atoms with Crippen LogP contribution < -0.4 is 0 Å². The van der Waals surface area contributed by atoms with Gasteiger partial charge in [0.2, 0.25) is 0 Å². The molecule has 0 spiro atoms. The average molecular weight is 164 g/mol. The molecule has 0 saturated heterocycles. The lowest BCUT2D eigenvalue weighted by Crippen LogP contribution is -1.97. The Morgan fingerprint density at radius 3 is 2.00 bits per heavy atom. The minimum atomic E-state index is -0.289. The van der Waals surface area contributed by atoms with Gasteiger partial charge in [-0.1, -0.05) is 18.2 Å². The van der Waals surface area contributed by atoms with Crippen LogP contribution in [0.4, 0.5) is 0 Å². The van der Waals surface area contributed by atoms with E-state index in [9.17, 15) is 9.59 Å². The molecule has 0 aliphatic heterocycles. The van der Waals surface area contributed by atoms with Gasteiger partial charge in [0.25, 0.3) is 0 Å². The Balaban J connectivity index is 3.30. The van der Waals surface area contributed by atoms with Crippen LogP contribution in [-0.4, -0.2) is 17.7 Å². The summed E-state index contributed by atoms with van der Waals surface area (Å²) in [5.74, 6) is 0. The second kappa shape index (κ2) is 3.78. The first kappa shape index (κ1) is 8.62. The lowest BCUT2D eigenvalue weighted by Gasteiger charge is -2.02. The molecule has 3 heteroatoms. The van der Waals surface area contributed by atoms with E-state index in [4.69, 9.17) is 5.11 Å². The normalized spacial score (nSPS) is 9.42. The Morgan fingerprint density at radius 1 is 1.17 bits per heavy atom. The quantitative estimate of drug-likeness (QED) is 0.672. The van der Waals surface area contributed by atoms with Crippen molar-refractivity contribution in [3.8, 4) is 0 Å². The van der Waals surface area contributed by atoms with Crippen LogP contribution in [0.3, 0.4) is 0 Å². The zero-order valence-corrected chi connectivity index (χ0v) is 6.36. The van der Waals surface area contributed by atoms with Crippen LogP contribution in [0.5, 0.6) is 0 Å². The molecular weight excluding hydrogens is 156 g/mol. The van der Waals surface area contributed by atoms with Crippen molar-refractivity contribution in [3.05, 3.63) is 34.9 Å². The van der Waals surface area contributed by atoms with Gasteiger partial charge in [-0.05, 0) is 5.56 Å². The smallest absolute Gasteiger partial charge is 0.150 e. The standard InChI is InChI=1S/C9H8O3/c10-4-7-2-1-3-8(5-11)9(7)6-12/h1-5,12H,6H2. The number of carbonyl (C=O) groups is 2. The van der Waals surface area contributed by atoms with E-state index in [2.05, 4.69) is 0 Å². The van der Waals surface area contributed by atoms with E-state index in [1.165, 1.54) is 0 Å². The minimum absolute atomic E-state index is 0.289. The van der Waals surface area contributed by atoms with E-state index in [1.807, 2.05) is 0 Å². The minimum Gasteiger partial charge on any atom is -0.392 e. The molecule has 0 bridgehead atoms. The molecule has 0 unspecified atom stereocenters. The first-order chi connectivity index (χ1) is 5.83. The molecule has 1 N–H and O–H groups in total. The van der Waals surface area contributed by atoms with Gasteiger partial charge in [-0.25, -0.2) is 0 Å². The number of benzene rings is 1. The number of rotatable bonds is 3. The molecule has 0 radical (unpaired) electrons. The van der Waals surface area contributed by atoms with Crippen molar-refractivity contribution in [2.24, 2.45) is 0 Å². The van der Waals surface area contributed by atoms with Gasteiger partial charge in [0, 0.05) is 11.1 Å². The molecule has 1 rings (SSSR count). The summed E-state index contributed by atoms with van der Waals surface area (Å²) >= 11 is 0. The van der Waals surface area contributed by atoms with Crippen LogP contribution in [0.25, 0.3) is 0 Å². The summed E-state index contributed by atoms with van der Waals surface area (Å²) in [5.41, 5.74) is 1.12. The number of carbonyl (C=O) groups excluding carboxylic acids is 2. The molecular formula is C9H8O3. The van der Waals surface area contributed by atoms with Crippen LogP contribution >= 0.6 is 0 Å². The number of aliphatic hydroxyl groups is 1. The zero-order valence-electron chi connectivity index (χ0n) is 6.36. The van der Waals surface area contributed by atoms with Crippen molar-refractivity contribution in [3.63, 3.8) is 0 Å². The van der Waals surface area contributed by atoms with Crippen molar-refractivity contribution < 1.29 is 14.7 Å². The monoisotopic (exact) mass is 164 g/mol. The summed E-state index contributed by atoms with van der Waals surface area (Å²) < 4.78 is 0. The number of aliphatic hydroxyl groups excluding tert-OH is 1. The van der Waals surface area contributed by atoms with Gasteiger partial charge in [-0.15, -0.1) is 0 Å².